The van der Waals surface area contributed by atoms with Gasteiger partial charge in [-0.15, -0.1) is 0 Å². The molecule has 4 aromatic heterocycles. The van der Waals surface area contributed by atoms with Crippen molar-refractivity contribution >= 4 is 44.1 Å². The summed E-state index contributed by atoms with van der Waals surface area (Å²) in [6, 6.07) is 50.8. The van der Waals surface area contributed by atoms with Crippen LogP contribution in [-0.4, -0.2) is 24.3 Å². The molecule has 0 radical (unpaired) electrons. The molecule has 1 aliphatic rings. The molecule has 0 spiro atoms. The molecule has 0 fully saturated rings. The Morgan fingerprint density at radius 2 is 1.22 bits per heavy atom. The molecule has 0 aliphatic heterocycles. The molecular weight excluding hydrogens is 623 g/mol. The van der Waals surface area contributed by atoms with Crippen molar-refractivity contribution in [1.82, 2.24) is 24.3 Å². The zero-order valence-electron chi connectivity index (χ0n) is 27.7. The van der Waals surface area contributed by atoms with Crippen LogP contribution in [-0.2, 0) is 0 Å². The fourth-order valence-corrected chi connectivity index (χ4v) is 7.42. The Bertz CT molecular complexity index is 2830. The monoisotopic (exact) mass is 653 g/mol. The molecule has 1 aliphatic carbocycles. The summed E-state index contributed by atoms with van der Waals surface area (Å²) in [6.07, 6.45) is 9.47. The van der Waals surface area contributed by atoms with E-state index >= 15 is 0 Å². The maximum Gasteiger partial charge on any atom is 0.165 e. The van der Waals surface area contributed by atoms with Crippen LogP contribution in [0.5, 0.6) is 0 Å². The molecule has 1 atom stereocenters. The Morgan fingerprint density at radius 3 is 2.10 bits per heavy atom. The topological polar surface area (TPSA) is 56.0 Å². The van der Waals surface area contributed by atoms with Gasteiger partial charge in [0, 0.05) is 39.4 Å². The summed E-state index contributed by atoms with van der Waals surface area (Å²) in [4.78, 5) is 20.5. The number of rotatable bonds is 5. The number of fused-ring (bicyclic) bond motifs is 6. The van der Waals surface area contributed by atoms with Gasteiger partial charge in [-0.3, -0.25) is 4.40 Å². The van der Waals surface area contributed by atoms with Crippen LogP contribution in [0.3, 0.4) is 0 Å². The summed E-state index contributed by atoms with van der Waals surface area (Å²) in [6.45, 7) is 0. The number of hydrogen-bond donors (Lipinski definition) is 0. The number of pyridine rings is 2. The molecule has 240 valence electrons. The normalized spacial score (nSPS) is 14.4. The fourth-order valence-electron chi connectivity index (χ4n) is 7.42. The minimum absolute atomic E-state index is 0.0914. The molecule has 0 amide bonds. The molecule has 0 bridgehead atoms. The third-order valence-electron chi connectivity index (χ3n) is 9.96. The minimum atomic E-state index is 0.0914. The van der Waals surface area contributed by atoms with Gasteiger partial charge in [-0.05, 0) is 52.9 Å². The van der Waals surface area contributed by atoms with Crippen molar-refractivity contribution in [3.63, 3.8) is 0 Å². The van der Waals surface area contributed by atoms with Gasteiger partial charge in [0.15, 0.2) is 5.65 Å². The van der Waals surface area contributed by atoms with Crippen LogP contribution in [0.4, 0.5) is 0 Å². The third kappa shape index (κ3) is 5.10. The fraction of sp³-hybridized carbons (Fsp3) is 0.0435. The van der Waals surface area contributed by atoms with Crippen LogP contribution in [0.25, 0.3) is 77.7 Å². The van der Waals surface area contributed by atoms with Crippen molar-refractivity contribution < 1.29 is 0 Å². The van der Waals surface area contributed by atoms with Crippen LogP contribution >= 0.6 is 0 Å². The molecule has 5 heteroatoms. The Labute approximate surface area is 295 Å². The van der Waals surface area contributed by atoms with Crippen molar-refractivity contribution in [2.45, 2.75) is 12.3 Å². The zero-order chi connectivity index (χ0) is 33.7. The number of imidazole rings is 1. The van der Waals surface area contributed by atoms with E-state index in [1.165, 1.54) is 11.1 Å². The van der Waals surface area contributed by atoms with Crippen molar-refractivity contribution in [3.8, 4) is 33.6 Å². The number of benzene rings is 5. The van der Waals surface area contributed by atoms with Gasteiger partial charge in [0.05, 0.1) is 16.9 Å². The maximum atomic E-state index is 5.28. The standard InChI is InChI=1S/C46H31N5/c1-2-12-30(13-3-1)34-15-11-17-36(29-34)45-47-40-21-7-6-20-39(40)43(49-45)35-16-10-14-33(28-35)31-23-25-32(26-24-31)42-37-18-4-5-19-38(37)44-46(50-42)51-27-9-8-22-41(51)48-44/h1-28,36H,29H2. The van der Waals surface area contributed by atoms with E-state index in [2.05, 4.69) is 150 Å². The second-order valence-electron chi connectivity index (χ2n) is 13.1. The van der Waals surface area contributed by atoms with Gasteiger partial charge in [-0.25, -0.2) is 19.9 Å². The van der Waals surface area contributed by atoms with Crippen LogP contribution in [0.15, 0.2) is 170 Å². The van der Waals surface area contributed by atoms with Gasteiger partial charge in [0.1, 0.15) is 17.0 Å². The molecule has 4 heterocycles. The van der Waals surface area contributed by atoms with Crippen molar-refractivity contribution in [3.05, 3.63) is 181 Å². The average molecular weight is 654 g/mol. The quantitative estimate of drug-likeness (QED) is 0.185. The first-order valence-corrected chi connectivity index (χ1v) is 17.3. The molecule has 5 aromatic carbocycles. The van der Waals surface area contributed by atoms with E-state index in [0.29, 0.717) is 0 Å². The van der Waals surface area contributed by atoms with Gasteiger partial charge in [0.25, 0.3) is 0 Å². The van der Waals surface area contributed by atoms with Crippen LogP contribution in [0, 0.1) is 0 Å². The largest absolute Gasteiger partial charge is 0.284 e. The van der Waals surface area contributed by atoms with Crippen molar-refractivity contribution in [2.75, 3.05) is 0 Å². The Balaban J connectivity index is 1.02. The van der Waals surface area contributed by atoms with E-state index in [1.807, 2.05) is 24.4 Å². The molecule has 9 aromatic rings. The number of allylic oxidation sites excluding steroid dienone is 4. The molecule has 0 saturated carbocycles. The van der Waals surface area contributed by atoms with Crippen molar-refractivity contribution in [2.24, 2.45) is 0 Å². The lowest BCUT2D eigenvalue weighted by Crippen LogP contribution is -2.07. The van der Waals surface area contributed by atoms with Gasteiger partial charge >= 0.3 is 0 Å². The lowest BCUT2D eigenvalue weighted by molar-refractivity contribution is 0.791. The highest BCUT2D eigenvalue weighted by Crippen LogP contribution is 2.37. The van der Waals surface area contributed by atoms with Crippen LogP contribution in [0.1, 0.15) is 23.7 Å². The molecule has 51 heavy (non-hydrogen) atoms. The summed E-state index contributed by atoms with van der Waals surface area (Å²) < 4.78 is 2.07. The van der Waals surface area contributed by atoms with Gasteiger partial charge in [-0.1, -0.05) is 140 Å². The second kappa shape index (κ2) is 12.0. The van der Waals surface area contributed by atoms with E-state index in [-0.39, 0.29) is 5.92 Å². The molecular formula is C46H31N5. The summed E-state index contributed by atoms with van der Waals surface area (Å²) in [7, 11) is 0. The summed E-state index contributed by atoms with van der Waals surface area (Å²) in [5.74, 6) is 0.938. The molecule has 0 saturated heterocycles. The number of para-hydroxylation sites is 1. The first kappa shape index (κ1) is 29.2. The van der Waals surface area contributed by atoms with Gasteiger partial charge in [0.2, 0.25) is 0 Å². The predicted octanol–water partition coefficient (Wildman–Crippen LogP) is 11.1. The Morgan fingerprint density at radius 1 is 0.510 bits per heavy atom. The highest BCUT2D eigenvalue weighted by atomic mass is 15.1. The van der Waals surface area contributed by atoms with E-state index in [0.717, 1.165) is 84.4 Å². The van der Waals surface area contributed by atoms with Gasteiger partial charge < -0.3 is 0 Å². The second-order valence-corrected chi connectivity index (χ2v) is 13.1. The lowest BCUT2D eigenvalue weighted by Gasteiger charge is -2.19. The Kier molecular flexibility index (Phi) is 6.88. The predicted molar refractivity (Wildman–Crippen MR) is 208 cm³/mol. The van der Waals surface area contributed by atoms with Crippen molar-refractivity contribution in [1.29, 1.82) is 0 Å². The summed E-state index contributed by atoms with van der Waals surface area (Å²) >= 11 is 0. The number of nitrogens with zero attached hydrogens (tertiary/aromatic N) is 5. The number of hydrogen-bond acceptors (Lipinski definition) is 4. The Hall–Kier alpha value is -6.72. The van der Waals surface area contributed by atoms with E-state index in [9.17, 15) is 0 Å². The first-order valence-electron chi connectivity index (χ1n) is 17.3. The molecule has 0 N–H and O–H groups in total. The maximum absolute atomic E-state index is 5.28. The molecule has 1 unspecified atom stereocenters. The van der Waals surface area contributed by atoms with E-state index < -0.39 is 0 Å². The minimum Gasteiger partial charge on any atom is -0.284 e. The van der Waals surface area contributed by atoms with Crippen LogP contribution in [0.2, 0.25) is 0 Å². The highest BCUT2D eigenvalue weighted by Gasteiger charge is 2.21. The smallest absolute Gasteiger partial charge is 0.165 e. The van der Waals surface area contributed by atoms with E-state index in [4.69, 9.17) is 19.9 Å². The summed E-state index contributed by atoms with van der Waals surface area (Å²) in [5.41, 5.74) is 12.5. The SMILES string of the molecule is C1=CC(c2nc(-c3cccc(-c4ccc(-c5nc6c(nc7ccccn76)c6ccccc56)cc4)c3)c3ccccc3n2)CC(c2ccccc2)=C1. The van der Waals surface area contributed by atoms with E-state index in [1.54, 1.807) is 0 Å². The van der Waals surface area contributed by atoms with Crippen LogP contribution < -0.4 is 0 Å². The first-order chi connectivity index (χ1) is 25.3. The average Bonchev–Trinajstić information content (AvgIpc) is 3.59. The summed E-state index contributed by atoms with van der Waals surface area (Å²) in [5, 5.41) is 3.24. The van der Waals surface area contributed by atoms with Gasteiger partial charge in [-0.2, -0.15) is 0 Å². The number of aromatic nitrogens is 5. The molecule has 10 rings (SSSR count). The highest BCUT2D eigenvalue weighted by molar-refractivity contribution is 6.09. The lowest BCUT2D eigenvalue weighted by atomic mass is 9.89. The zero-order valence-corrected chi connectivity index (χ0v) is 27.7. The third-order valence-corrected chi connectivity index (χ3v) is 9.96. The molecule has 5 nitrogen and oxygen atoms in total.